The summed E-state index contributed by atoms with van der Waals surface area (Å²) in [5.74, 6) is -2.47. The minimum atomic E-state index is -2.31. The SMILES string of the molecule is CC(C)[C@H]1CC1(F)F. The molecule has 0 spiro atoms. The van der Waals surface area contributed by atoms with Gasteiger partial charge in [0.25, 0.3) is 5.92 Å². The van der Waals surface area contributed by atoms with Crippen LogP contribution in [0.15, 0.2) is 0 Å². The summed E-state index contributed by atoms with van der Waals surface area (Å²) >= 11 is 0. The summed E-state index contributed by atoms with van der Waals surface area (Å²) in [6.45, 7) is 3.68. The van der Waals surface area contributed by atoms with Crippen molar-refractivity contribution in [3.8, 4) is 0 Å². The van der Waals surface area contributed by atoms with Crippen molar-refractivity contribution in [1.82, 2.24) is 0 Å². The summed E-state index contributed by atoms with van der Waals surface area (Å²) in [6.07, 6.45) is 0.116. The van der Waals surface area contributed by atoms with E-state index in [1.807, 2.05) is 13.8 Å². The number of alkyl halides is 2. The Morgan fingerprint density at radius 1 is 1.50 bits per heavy atom. The maximum absolute atomic E-state index is 12.0. The lowest BCUT2D eigenvalue weighted by atomic mass is 10.1. The maximum atomic E-state index is 12.0. The molecule has 0 aliphatic heterocycles. The van der Waals surface area contributed by atoms with E-state index in [9.17, 15) is 8.78 Å². The molecule has 0 radical (unpaired) electrons. The lowest BCUT2D eigenvalue weighted by molar-refractivity contribution is 0.0889. The molecule has 1 rings (SSSR count). The first-order valence-electron chi connectivity index (χ1n) is 2.92. The molecule has 2 heteroatoms. The average molecular weight is 120 g/mol. The lowest BCUT2D eigenvalue weighted by Crippen LogP contribution is -1.99. The zero-order chi connectivity index (χ0) is 6.36. The van der Waals surface area contributed by atoms with Crippen LogP contribution in [0.3, 0.4) is 0 Å². The van der Waals surface area contributed by atoms with Crippen LogP contribution in [0, 0.1) is 11.8 Å². The Labute approximate surface area is 47.9 Å². The van der Waals surface area contributed by atoms with Crippen molar-refractivity contribution in [2.45, 2.75) is 26.2 Å². The molecule has 1 fully saturated rings. The zero-order valence-corrected chi connectivity index (χ0v) is 5.12. The Morgan fingerprint density at radius 3 is 1.88 bits per heavy atom. The van der Waals surface area contributed by atoms with Crippen molar-refractivity contribution in [2.75, 3.05) is 0 Å². The second-order valence-electron chi connectivity index (χ2n) is 2.82. The average Bonchev–Trinajstić information content (AvgIpc) is 2.13. The molecule has 0 nitrogen and oxygen atoms in total. The molecule has 0 bridgehead atoms. The predicted octanol–water partition coefficient (Wildman–Crippen LogP) is 2.30. The molecule has 0 heterocycles. The lowest BCUT2D eigenvalue weighted by Gasteiger charge is -1.98. The fourth-order valence-electron chi connectivity index (χ4n) is 0.958. The number of hydrogen-bond donors (Lipinski definition) is 0. The number of hydrogen-bond acceptors (Lipinski definition) is 0. The van der Waals surface area contributed by atoms with Gasteiger partial charge in [0.05, 0.1) is 0 Å². The first kappa shape index (κ1) is 5.99. The number of halogens is 2. The molecule has 0 N–H and O–H groups in total. The van der Waals surface area contributed by atoms with Crippen molar-refractivity contribution in [3.63, 3.8) is 0 Å². The van der Waals surface area contributed by atoms with E-state index in [0.29, 0.717) is 0 Å². The van der Waals surface area contributed by atoms with Gasteiger partial charge in [-0.3, -0.25) is 0 Å². The van der Waals surface area contributed by atoms with E-state index in [-0.39, 0.29) is 18.3 Å². The standard InChI is InChI=1S/C6H10F2/c1-4(2)5-3-6(5,7)8/h4-5H,3H2,1-2H3/t5-/m1/s1. The molecule has 0 amide bonds. The van der Waals surface area contributed by atoms with Crippen molar-refractivity contribution in [2.24, 2.45) is 11.8 Å². The quantitative estimate of drug-likeness (QED) is 0.498. The van der Waals surface area contributed by atoms with E-state index in [1.54, 1.807) is 0 Å². The van der Waals surface area contributed by atoms with Crippen LogP contribution in [0.25, 0.3) is 0 Å². The van der Waals surface area contributed by atoms with Crippen molar-refractivity contribution >= 4 is 0 Å². The summed E-state index contributed by atoms with van der Waals surface area (Å²) in [5.41, 5.74) is 0. The van der Waals surface area contributed by atoms with Gasteiger partial charge < -0.3 is 0 Å². The van der Waals surface area contributed by atoms with Crippen LogP contribution in [-0.4, -0.2) is 5.92 Å². The van der Waals surface area contributed by atoms with Gasteiger partial charge in [0.15, 0.2) is 0 Å². The second-order valence-corrected chi connectivity index (χ2v) is 2.82. The molecule has 1 aliphatic carbocycles. The van der Waals surface area contributed by atoms with Gasteiger partial charge in [0.1, 0.15) is 0 Å². The van der Waals surface area contributed by atoms with Gasteiger partial charge in [0.2, 0.25) is 0 Å². The minimum absolute atomic E-state index is 0.116. The van der Waals surface area contributed by atoms with E-state index in [4.69, 9.17) is 0 Å². The minimum Gasteiger partial charge on any atom is -0.207 e. The van der Waals surface area contributed by atoms with Crippen molar-refractivity contribution < 1.29 is 8.78 Å². The third-order valence-electron chi connectivity index (χ3n) is 1.68. The smallest absolute Gasteiger partial charge is 0.207 e. The van der Waals surface area contributed by atoms with Gasteiger partial charge in [-0.2, -0.15) is 0 Å². The molecular weight excluding hydrogens is 110 g/mol. The summed E-state index contributed by atoms with van der Waals surface area (Å²) in [5, 5.41) is 0. The van der Waals surface area contributed by atoms with Crippen LogP contribution in [-0.2, 0) is 0 Å². The maximum Gasteiger partial charge on any atom is 0.251 e. The van der Waals surface area contributed by atoms with Crippen LogP contribution in [0.5, 0.6) is 0 Å². The number of rotatable bonds is 1. The van der Waals surface area contributed by atoms with Gasteiger partial charge in [-0.25, -0.2) is 8.78 Å². The summed E-state index contributed by atoms with van der Waals surface area (Å²) < 4.78 is 24.1. The van der Waals surface area contributed by atoms with Gasteiger partial charge in [-0.05, 0) is 5.92 Å². The van der Waals surface area contributed by atoms with E-state index in [0.717, 1.165) is 0 Å². The molecule has 1 saturated carbocycles. The van der Waals surface area contributed by atoms with E-state index < -0.39 is 5.92 Å². The molecule has 1 aliphatic rings. The Hall–Kier alpha value is -0.140. The predicted molar refractivity (Wildman–Crippen MR) is 27.9 cm³/mol. The van der Waals surface area contributed by atoms with Gasteiger partial charge in [0, 0.05) is 12.3 Å². The third kappa shape index (κ3) is 0.837. The highest BCUT2D eigenvalue weighted by Gasteiger charge is 2.57. The summed E-state index contributed by atoms with van der Waals surface area (Å²) in [6, 6.07) is 0. The Kier molecular flexibility index (Phi) is 1.07. The normalized spacial score (nSPS) is 33.4. The van der Waals surface area contributed by atoms with Crippen LogP contribution >= 0.6 is 0 Å². The van der Waals surface area contributed by atoms with E-state index in [1.165, 1.54) is 0 Å². The molecule has 8 heavy (non-hydrogen) atoms. The molecular formula is C6H10F2. The second kappa shape index (κ2) is 1.42. The largest absolute Gasteiger partial charge is 0.251 e. The first-order valence-corrected chi connectivity index (χ1v) is 2.92. The highest BCUT2D eigenvalue weighted by molar-refractivity contribution is 4.96. The highest BCUT2D eigenvalue weighted by atomic mass is 19.3. The van der Waals surface area contributed by atoms with Crippen LogP contribution in [0.2, 0.25) is 0 Å². The van der Waals surface area contributed by atoms with Crippen molar-refractivity contribution in [3.05, 3.63) is 0 Å². The molecule has 1 atom stereocenters. The van der Waals surface area contributed by atoms with Gasteiger partial charge in [-0.15, -0.1) is 0 Å². The van der Waals surface area contributed by atoms with E-state index >= 15 is 0 Å². The topological polar surface area (TPSA) is 0 Å². The summed E-state index contributed by atoms with van der Waals surface area (Å²) in [7, 11) is 0. The summed E-state index contributed by atoms with van der Waals surface area (Å²) in [4.78, 5) is 0. The first-order chi connectivity index (χ1) is 3.54. The van der Waals surface area contributed by atoms with Crippen LogP contribution in [0.4, 0.5) is 8.78 Å². The Bertz CT molecular complexity index is 96.7. The third-order valence-corrected chi connectivity index (χ3v) is 1.68. The van der Waals surface area contributed by atoms with Gasteiger partial charge in [-0.1, -0.05) is 13.8 Å². The molecule has 0 saturated heterocycles. The molecule has 0 unspecified atom stereocenters. The molecule has 0 aromatic rings. The Balaban J connectivity index is 2.37. The monoisotopic (exact) mass is 120 g/mol. The van der Waals surface area contributed by atoms with Crippen LogP contribution in [0.1, 0.15) is 20.3 Å². The Morgan fingerprint density at radius 2 is 1.88 bits per heavy atom. The fourth-order valence-corrected chi connectivity index (χ4v) is 0.958. The molecule has 0 aromatic heterocycles. The van der Waals surface area contributed by atoms with E-state index in [2.05, 4.69) is 0 Å². The molecule has 0 aromatic carbocycles. The van der Waals surface area contributed by atoms with Crippen LogP contribution < -0.4 is 0 Å². The zero-order valence-electron chi connectivity index (χ0n) is 5.12. The highest BCUT2D eigenvalue weighted by Crippen LogP contribution is 2.52. The van der Waals surface area contributed by atoms with Gasteiger partial charge >= 0.3 is 0 Å². The fraction of sp³-hybridized carbons (Fsp3) is 1.00. The molecule has 48 valence electrons. The van der Waals surface area contributed by atoms with Crippen molar-refractivity contribution in [1.29, 1.82) is 0 Å².